The second-order valence-electron chi connectivity index (χ2n) is 14.8. The third kappa shape index (κ3) is 7.36. The topological polar surface area (TPSA) is 163 Å². The molecule has 3 amide bonds. The summed E-state index contributed by atoms with van der Waals surface area (Å²) in [7, 11) is 2.95. The first-order valence-corrected chi connectivity index (χ1v) is 16.8. The zero-order chi connectivity index (χ0) is 37.5. The van der Waals surface area contributed by atoms with Crippen molar-refractivity contribution in [3.8, 4) is 16.8 Å². The summed E-state index contributed by atoms with van der Waals surface area (Å²) in [4.78, 5) is 62.4. The third-order valence-corrected chi connectivity index (χ3v) is 8.69. The van der Waals surface area contributed by atoms with E-state index in [-0.39, 0.29) is 23.9 Å². The van der Waals surface area contributed by atoms with E-state index in [1.165, 1.54) is 22.9 Å². The zero-order valence-corrected chi connectivity index (χ0v) is 30.5. The zero-order valence-electron chi connectivity index (χ0n) is 30.5. The normalized spacial score (nSPS) is 14.5. The van der Waals surface area contributed by atoms with Crippen LogP contribution in [0.5, 0.6) is 0 Å². The lowest BCUT2D eigenvalue weighted by Gasteiger charge is -2.36. The van der Waals surface area contributed by atoms with Gasteiger partial charge >= 0.3 is 18.1 Å². The third-order valence-electron chi connectivity index (χ3n) is 8.69. The number of aryl methyl sites for hydroxylation is 1. The standard InChI is InChI=1S/C38H42N8O6/c1-37(2,3)30-18-31(42-35(49)41-26-11-9-10-22(14-26)28-16-25-19-39-21-40-32(25)44(7)33(28)47)46(43-30)27-13-12-23-20-45(36(50)52-38(4,5)6)29(34(48)51-8)17-24(23)15-27/h9-16,18-19,21,29H,17,20H2,1-8H3,(H2,41,42,49). The Labute approximate surface area is 300 Å². The molecule has 6 rings (SSSR count). The van der Waals surface area contributed by atoms with Crippen LogP contribution in [0.3, 0.4) is 0 Å². The molecule has 0 fully saturated rings. The van der Waals surface area contributed by atoms with Crippen molar-refractivity contribution in [2.45, 2.75) is 71.6 Å². The first kappa shape index (κ1) is 35.8. The number of benzene rings is 2. The summed E-state index contributed by atoms with van der Waals surface area (Å²) in [6, 6.07) is 14.8. The van der Waals surface area contributed by atoms with E-state index >= 15 is 0 Å². The average Bonchev–Trinajstić information content (AvgIpc) is 3.52. The van der Waals surface area contributed by atoms with Crippen LogP contribution in [-0.2, 0) is 39.7 Å². The summed E-state index contributed by atoms with van der Waals surface area (Å²) in [6.45, 7) is 11.5. The van der Waals surface area contributed by atoms with Gasteiger partial charge in [0.15, 0.2) is 0 Å². The lowest BCUT2D eigenvalue weighted by Crippen LogP contribution is -2.50. The van der Waals surface area contributed by atoms with E-state index in [0.29, 0.717) is 39.4 Å². The highest BCUT2D eigenvalue weighted by Gasteiger charge is 2.38. The predicted molar refractivity (Wildman–Crippen MR) is 196 cm³/mol. The Morgan fingerprint density at radius 3 is 2.42 bits per heavy atom. The second-order valence-corrected chi connectivity index (χ2v) is 14.8. The van der Waals surface area contributed by atoms with Gasteiger partial charge in [0.05, 0.1) is 25.0 Å². The first-order chi connectivity index (χ1) is 24.5. The summed E-state index contributed by atoms with van der Waals surface area (Å²) < 4.78 is 13.8. The molecule has 52 heavy (non-hydrogen) atoms. The van der Waals surface area contributed by atoms with Gasteiger partial charge in [0.1, 0.15) is 29.4 Å². The number of fused-ring (bicyclic) bond motifs is 2. The maximum absolute atomic E-state index is 13.5. The molecule has 0 radical (unpaired) electrons. The smallest absolute Gasteiger partial charge is 0.411 e. The highest BCUT2D eigenvalue weighted by Crippen LogP contribution is 2.31. The van der Waals surface area contributed by atoms with E-state index in [1.807, 2.05) is 45.0 Å². The van der Waals surface area contributed by atoms with Crippen molar-refractivity contribution in [1.29, 1.82) is 0 Å². The molecule has 5 aromatic rings. The molecule has 1 unspecified atom stereocenters. The summed E-state index contributed by atoms with van der Waals surface area (Å²) in [5.41, 5.74) is 3.81. The first-order valence-electron chi connectivity index (χ1n) is 16.8. The van der Waals surface area contributed by atoms with Crippen LogP contribution in [0.4, 0.5) is 21.1 Å². The summed E-state index contributed by atoms with van der Waals surface area (Å²) >= 11 is 0. The molecule has 1 aliphatic heterocycles. The molecule has 1 atom stereocenters. The largest absolute Gasteiger partial charge is 0.467 e. The summed E-state index contributed by atoms with van der Waals surface area (Å²) in [5.74, 6) is -0.133. The number of carbonyl (C=O) groups is 3. The number of hydrogen-bond acceptors (Lipinski definition) is 9. The van der Waals surface area contributed by atoms with Crippen LogP contribution in [0, 0.1) is 0 Å². The van der Waals surface area contributed by atoms with E-state index in [0.717, 1.165) is 16.8 Å². The Kier molecular flexibility index (Phi) is 9.34. The number of ether oxygens (including phenoxy) is 2. The highest BCUT2D eigenvalue weighted by atomic mass is 16.6. The molecular weight excluding hydrogens is 664 g/mol. The Morgan fingerprint density at radius 1 is 0.942 bits per heavy atom. The number of amides is 3. The molecule has 14 nitrogen and oxygen atoms in total. The van der Waals surface area contributed by atoms with E-state index in [2.05, 4.69) is 20.6 Å². The maximum Gasteiger partial charge on any atom is 0.411 e. The number of esters is 1. The Hall–Kier alpha value is -6.05. The molecule has 3 aromatic heterocycles. The predicted octanol–water partition coefficient (Wildman–Crippen LogP) is 5.96. The van der Waals surface area contributed by atoms with Crippen LogP contribution in [0.15, 0.2) is 71.9 Å². The van der Waals surface area contributed by atoms with Crippen LogP contribution in [0.25, 0.3) is 27.8 Å². The second kappa shape index (κ2) is 13.6. The number of carbonyl (C=O) groups excluding carboxylic acids is 3. The molecule has 0 saturated carbocycles. The monoisotopic (exact) mass is 706 g/mol. The van der Waals surface area contributed by atoms with E-state index < -0.39 is 29.7 Å². The molecule has 0 saturated heterocycles. The number of methoxy groups -OCH3 is 1. The van der Waals surface area contributed by atoms with Crippen molar-refractivity contribution in [2.75, 3.05) is 17.7 Å². The number of pyridine rings is 1. The molecule has 270 valence electrons. The van der Waals surface area contributed by atoms with Gasteiger partial charge in [-0.05, 0) is 67.8 Å². The van der Waals surface area contributed by atoms with Crippen LogP contribution < -0.4 is 16.2 Å². The van der Waals surface area contributed by atoms with Crippen LogP contribution in [-0.4, -0.2) is 66.1 Å². The van der Waals surface area contributed by atoms with Crippen molar-refractivity contribution in [2.24, 2.45) is 7.05 Å². The van der Waals surface area contributed by atoms with Gasteiger partial charge in [-0.2, -0.15) is 5.10 Å². The molecule has 14 heteroatoms. The van der Waals surface area contributed by atoms with Gasteiger partial charge in [-0.15, -0.1) is 0 Å². The van der Waals surface area contributed by atoms with Crippen molar-refractivity contribution in [3.05, 3.63) is 94.3 Å². The minimum Gasteiger partial charge on any atom is -0.467 e. The van der Waals surface area contributed by atoms with Crippen LogP contribution >= 0.6 is 0 Å². The fourth-order valence-corrected chi connectivity index (χ4v) is 6.05. The minimum atomic E-state index is -0.882. The molecular formula is C38H42N8O6. The number of nitrogens with one attached hydrogen (secondary N) is 2. The number of anilines is 2. The number of hydrogen-bond donors (Lipinski definition) is 2. The summed E-state index contributed by atoms with van der Waals surface area (Å²) in [5, 5.41) is 11.4. The van der Waals surface area contributed by atoms with Crippen molar-refractivity contribution >= 4 is 40.6 Å². The van der Waals surface area contributed by atoms with Crippen molar-refractivity contribution in [1.82, 2.24) is 29.2 Å². The van der Waals surface area contributed by atoms with Gasteiger partial charge in [-0.25, -0.2) is 29.0 Å². The fourth-order valence-electron chi connectivity index (χ4n) is 6.05. The lowest BCUT2D eigenvalue weighted by molar-refractivity contribution is -0.147. The number of rotatable bonds is 5. The highest BCUT2D eigenvalue weighted by molar-refractivity contribution is 6.00. The minimum absolute atomic E-state index is 0.155. The van der Waals surface area contributed by atoms with Gasteiger partial charge in [-0.1, -0.05) is 39.0 Å². The van der Waals surface area contributed by atoms with E-state index in [1.54, 1.807) is 69.0 Å². The lowest BCUT2D eigenvalue weighted by atomic mass is 9.92. The van der Waals surface area contributed by atoms with Crippen LogP contribution in [0.1, 0.15) is 58.4 Å². The maximum atomic E-state index is 13.5. The SMILES string of the molecule is COC(=O)C1Cc2cc(-n3nc(C(C)(C)C)cc3NC(=O)Nc3cccc(-c4cc5cncnc5n(C)c4=O)c3)ccc2CN1C(=O)OC(C)(C)C. The molecule has 4 heterocycles. The Morgan fingerprint density at radius 2 is 1.71 bits per heavy atom. The molecule has 2 aromatic carbocycles. The van der Waals surface area contributed by atoms with E-state index in [4.69, 9.17) is 14.6 Å². The van der Waals surface area contributed by atoms with E-state index in [9.17, 15) is 19.2 Å². The van der Waals surface area contributed by atoms with Gasteiger partial charge < -0.3 is 14.8 Å². The van der Waals surface area contributed by atoms with Gasteiger partial charge in [-0.3, -0.25) is 19.6 Å². The van der Waals surface area contributed by atoms with Gasteiger partial charge in [0.2, 0.25) is 0 Å². The average molecular weight is 707 g/mol. The number of urea groups is 1. The fraction of sp³-hybridized carbons (Fsp3) is 0.342. The van der Waals surface area contributed by atoms with Crippen molar-refractivity contribution in [3.63, 3.8) is 0 Å². The molecule has 0 bridgehead atoms. The quantitative estimate of drug-likeness (QED) is 0.210. The Balaban J connectivity index is 1.28. The number of nitrogens with zero attached hydrogens (tertiary/aromatic N) is 6. The number of aromatic nitrogens is 5. The summed E-state index contributed by atoms with van der Waals surface area (Å²) in [6.07, 6.45) is 2.65. The molecule has 0 spiro atoms. The van der Waals surface area contributed by atoms with Crippen LogP contribution in [0.2, 0.25) is 0 Å². The van der Waals surface area contributed by atoms with Gasteiger partial charge in [0, 0.05) is 47.8 Å². The molecule has 1 aliphatic rings. The Bertz CT molecular complexity index is 2260. The van der Waals surface area contributed by atoms with Crippen molar-refractivity contribution < 1.29 is 23.9 Å². The molecule has 0 aliphatic carbocycles. The molecule has 2 N–H and O–H groups in total. The van der Waals surface area contributed by atoms with Gasteiger partial charge in [0.25, 0.3) is 5.56 Å².